The van der Waals surface area contributed by atoms with E-state index in [1.165, 1.54) is 10.4 Å². The van der Waals surface area contributed by atoms with E-state index in [1.807, 2.05) is 24.3 Å². The number of dihydropyridines is 1. The maximum Gasteiger partial charge on any atom is 0.137 e. The zero-order valence-corrected chi connectivity index (χ0v) is 18.2. The van der Waals surface area contributed by atoms with Crippen molar-refractivity contribution in [3.05, 3.63) is 83.5 Å². The lowest BCUT2D eigenvalue weighted by molar-refractivity contribution is 0.0772. The number of hydrogen-bond acceptors (Lipinski definition) is 2. The van der Waals surface area contributed by atoms with Crippen molar-refractivity contribution in [3.8, 4) is 0 Å². The minimum atomic E-state index is -1.92. The van der Waals surface area contributed by atoms with Crippen molar-refractivity contribution in [2.75, 3.05) is 0 Å². The molecule has 4 heteroatoms. The van der Waals surface area contributed by atoms with E-state index < -0.39 is 20.1 Å². The Morgan fingerprint density at radius 2 is 1.46 bits per heavy atom. The highest BCUT2D eigenvalue weighted by molar-refractivity contribution is 9.11. The second kappa shape index (κ2) is 7.55. The van der Waals surface area contributed by atoms with Gasteiger partial charge in [-0.15, -0.1) is 0 Å². The van der Waals surface area contributed by atoms with E-state index in [1.54, 1.807) is 0 Å². The van der Waals surface area contributed by atoms with Gasteiger partial charge in [-0.25, -0.2) is 0 Å². The number of hydrogen-bond donors (Lipinski definition) is 2. The lowest BCUT2D eigenvalue weighted by atomic mass is 9.73. The van der Waals surface area contributed by atoms with Crippen LogP contribution in [0, 0.1) is 5.41 Å². The SMILES string of the molecule is CC(C)(C)C1(C(O)[SiH](c2ccccc2)c2ccccc2)C=CC=C(Br)N1. The summed E-state index contributed by atoms with van der Waals surface area (Å²) in [7, 11) is -1.92. The van der Waals surface area contributed by atoms with Gasteiger partial charge in [0.15, 0.2) is 0 Å². The average Bonchev–Trinajstić information content (AvgIpc) is 2.62. The first kappa shape index (κ1) is 19.1. The number of aliphatic hydroxyl groups is 1. The number of aliphatic hydroxyl groups excluding tert-OH is 1. The van der Waals surface area contributed by atoms with Gasteiger partial charge in [0.1, 0.15) is 8.80 Å². The molecule has 0 fully saturated rings. The van der Waals surface area contributed by atoms with Crippen molar-refractivity contribution < 1.29 is 5.11 Å². The molecule has 2 aromatic carbocycles. The highest BCUT2D eigenvalue weighted by Crippen LogP contribution is 2.38. The van der Waals surface area contributed by atoms with Crippen LogP contribution in [0.2, 0.25) is 0 Å². The van der Waals surface area contributed by atoms with Gasteiger partial charge in [0, 0.05) is 0 Å². The quantitative estimate of drug-likeness (QED) is 0.580. The molecule has 2 N–H and O–H groups in total. The molecule has 3 rings (SSSR count). The van der Waals surface area contributed by atoms with Gasteiger partial charge in [0.25, 0.3) is 0 Å². The Balaban J connectivity index is 2.14. The van der Waals surface area contributed by atoms with Crippen LogP contribution in [0.15, 0.2) is 83.5 Å². The van der Waals surface area contributed by atoms with Crippen LogP contribution in [0.25, 0.3) is 0 Å². The molecule has 2 atom stereocenters. The molecule has 0 saturated heterocycles. The Morgan fingerprint density at radius 1 is 0.962 bits per heavy atom. The molecular formula is C22H26BrNOSi. The monoisotopic (exact) mass is 427 g/mol. The third kappa shape index (κ3) is 3.59. The lowest BCUT2D eigenvalue weighted by Crippen LogP contribution is -2.70. The van der Waals surface area contributed by atoms with Crippen LogP contribution in [0.3, 0.4) is 0 Å². The van der Waals surface area contributed by atoms with Gasteiger partial charge < -0.3 is 10.4 Å². The van der Waals surface area contributed by atoms with Crippen LogP contribution in [-0.2, 0) is 0 Å². The smallest absolute Gasteiger partial charge is 0.137 e. The first-order chi connectivity index (χ1) is 12.3. The van der Waals surface area contributed by atoms with Crippen LogP contribution >= 0.6 is 15.9 Å². The highest BCUT2D eigenvalue weighted by atomic mass is 79.9. The molecule has 0 amide bonds. The fourth-order valence-electron chi connectivity index (χ4n) is 3.76. The Kier molecular flexibility index (Phi) is 5.56. The molecule has 0 aromatic heterocycles. The fraction of sp³-hybridized carbons (Fsp3) is 0.273. The van der Waals surface area contributed by atoms with Crippen molar-refractivity contribution in [1.29, 1.82) is 0 Å². The molecule has 0 bridgehead atoms. The van der Waals surface area contributed by atoms with E-state index in [-0.39, 0.29) is 5.41 Å². The van der Waals surface area contributed by atoms with Crippen molar-refractivity contribution in [1.82, 2.24) is 5.32 Å². The summed E-state index contributed by atoms with van der Waals surface area (Å²) in [5.74, 6) is 0. The molecule has 2 unspecified atom stereocenters. The minimum absolute atomic E-state index is 0.176. The molecule has 26 heavy (non-hydrogen) atoms. The van der Waals surface area contributed by atoms with E-state index in [4.69, 9.17) is 0 Å². The molecule has 1 aliphatic rings. The van der Waals surface area contributed by atoms with Gasteiger partial charge >= 0.3 is 0 Å². The third-order valence-corrected chi connectivity index (χ3v) is 9.09. The number of allylic oxidation sites excluding steroid dienone is 2. The summed E-state index contributed by atoms with van der Waals surface area (Å²) >= 11 is 3.59. The largest absolute Gasteiger partial charge is 0.393 e. The molecular weight excluding hydrogens is 402 g/mol. The van der Waals surface area contributed by atoms with Crippen LogP contribution in [0.4, 0.5) is 0 Å². The molecule has 0 aliphatic carbocycles. The Bertz CT molecular complexity index is 758. The second-order valence-corrected chi connectivity index (χ2v) is 11.6. The molecule has 2 aromatic rings. The first-order valence-electron chi connectivity index (χ1n) is 8.96. The second-order valence-electron chi connectivity index (χ2n) is 7.86. The van der Waals surface area contributed by atoms with Gasteiger partial charge in [-0.3, -0.25) is 0 Å². The number of nitrogens with one attached hydrogen (secondary N) is 1. The standard InChI is InChI=1S/C22H26BrNOSi/c1-21(2,3)22(16-10-15-19(23)24-22)20(25)26(17-11-6-4-7-12-17)18-13-8-5-9-14-18/h4-16,20,24-26H,1-3H3. The molecule has 0 spiro atoms. The Hall–Kier alpha value is -1.62. The van der Waals surface area contributed by atoms with Crippen LogP contribution in [0.1, 0.15) is 20.8 Å². The fourth-order valence-corrected chi connectivity index (χ4v) is 7.85. The molecule has 136 valence electrons. The highest BCUT2D eigenvalue weighted by Gasteiger charge is 2.50. The van der Waals surface area contributed by atoms with Crippen LogP contribution in [0.5, 0.6) is 0 Å². The summed E-state index contributed by atoms with van der Waals surface area (Å²) in [5.41, 5.74) is -1.25. The van der Waals surface area contributed by atoms with Crippen molar-refractivity contribution in [2.45, 2.75) is 32.0 Å². The first-order valence-corrected chi connectivity index (χ1v) is 11.6. The number of benzene rings is 2. The average molecular weight is 428 g/mol. The van der Waals surface area contributed by atoms with Crippen LogP contribution < -0.4 is 15.7 Å². The van der Waals surface area contributed by atoms with E-state index in [0.29, 0.717) is 0 Å². The van der Waals surface area contributed by atoms with Crippen molar-refractivity contribution >= 4 is 35.1 Å². The van der Waals surface area contributed by atoms with E-state index in [9.17, 15) is 5.11 Å². The maximum atomic E-state index is 11.8. The van der Waals surface area contributed by atoms with E-state index in [2.05, 4.69) is 96.6 Å². The Labute approximate surface area is 166 Å². The summed E-state index contributed by atoms with van der Waals surface area (Å²) in [6, 6.07) is 20.9. The van der Waals surface area contributed by atoms with Crippen molar-refractivity contribution in [2.24, 2.45) is 5.41 Å². The summed E-state index contributed by atoms with van der Waals surface area (Å²) in [6.07, 6.45) is 6.16. The summed E-state index contributed by atoms with van der Waals surface area (Å²) in [6.45, 7) is 6.54. The van der Waals surface area contributed by atoms with Gasteiger partial charge in [-0.2, -0.15) is 0 Å². The topological polar surface area (TPSA) is 32.3 Å². The van der Waals surface area contributed by atoms with Gasteiger partial charge in [0.05, 0.1) is 15.9 Å². The third-order valence-electron chi connectivity index (χ3n) is 5.27. The molecule has 2 nitrogen and oxygen atoms in total. The van der Waals surface area contributed by atoms with E-state index >= 15 is 0 Å². The van der Waals surface area contributed by atoms with Crippen molar-refractivity contribution in [3.63, 3.8) is 0 Å². The molecule has 1 heterocycles. The number of rotatable bonds is 4. The summed E-state index contributed by atoms with van der Waals surface area (Å²) < 4.78 is 0.905. The maximum absolute atomic E-state index is 11.8. The van der Waals surface area contributed by atoms with Gasteiger partial charge in [-0.05, 0) is 27.4 Å². The predicted octanol–water partition coefficient (Wildman–Crippen LogP) is 3.11. The predicted molar refractivity (Wildman–Crippen MR) is 117 cm³/mol. The molecule has 0 radical (unpaired) electrons. The zero-order valence-electron chi connectivity index (χ0n) is 15.5. The summed E-state index contributed by atoms with van der Waals surface area (Å²) in [4.78, 5) is 0. The Morgan fingerprint density at radius 3 is 1.88 bits per heavy atom. The van der Waals surface area contributed by atoms with Gasteiger partial charge in [0.2, 0.25) is 0 Å². The zero-order chi connectivity index (χ0) is 18.8. The lowest BCUT2D eigenvalue weighted by Gasteiger charge is -2.50. The molecule has 0 saturated carbocycles. The van der Waals surface area contributed by atoms with E-state index in [0.717, 1.165) is 4.61 Å². The molecule has 1 aliphatic heterocycles. The minimum Gasteiger partial charge on any atom is -0.393 e. The summed E-state index contributed by atoms with van der Waals surface area (Å²) in [5, 5.41) is 17.9. The normalized spacial score (nSPS) is 21.2. The number of halogens is 1. The van der Waals surface area contributed by atoms with Gasteiger partial charge in [-0.1, -0.05) is 104 Å². The van der Waals surface area contributed by atoms with Crippen LogP contribution in [-0.4, -0.2) is 25.2 Å².